The molecular weight excluding hydrogens is 304 g/mol. The van der Waals surface area contributed by atoms with E-state index in [4.69, 9.17) is 4.74 Å². The van der Waals surface area contributed by atoms with Crippen LogP contribution in [0.15, 0.2) is 30.3 Å². The van der Waals surface area contributed by atoms with Gasteiger partial charge in [-0.3, -0.25) is 14.5 Å². The lowest BCUT2D eigenvalue weighted by Gasteiger charge is -2.48. The van der Waals surface area contributed by atoms with Crippen LogP contribution in [0.1, 0.15) is 48.9 Å². The number of carbonyl (C=O) groups is 2. The third-order valence-corrected chi connectivity index (χ3v) is 5.77. The van der Waals surface area contributed by atoms with Gasteiger partial charge in [0.2, 0.25) is 0 Å². The molecule has 1 N–H and O–H groups in total. The summed E-state index contributed by atoms with van der Waals surface area (Å²) in [6.45, 7) is 0.387. The molecule has 5 nitrogen and oxygen atoms in total. The molecule has 2 saturated carbocycles. The van der Waals surface area contributed by atoms with E-state index in [1.165, 1.54) is 4.90 Å². The van der Waals surface area contributed by atoms with Crippen molar-refractivity contribution in [2.75, 3.05) is 13.6 Å². The Balaban J connectivity index is 1.60. The fraction of sp³-hybridized carbons (Fsp3) is 0.579. The number of imide groups is 1. The summed E-state index contributed by atoms with van der Waals surface area (Å²) >= 11 is 0. The summed E-state index contributed by atoms with van der Waals surface area (Å²) in [4.78, 5) is 27.2. The molecule has 0 atom stereocenters. The largest absolute Gasteiger partial charge is 0.357 e. The van der Waals surface area contributed by atoms with Crippen molar-refractivity contribution in [3.8, 4) is 0 Å². The average molecular weight is 328 g/mol. The van der Waals surface area contributed by atoms with E-state index in [9.17, 15) is 9.59 Å². The van der Waals surface area contributed by atoms with Gasteiger partial charge in [-0.15, -0.1) is 0 Å². The first-order valence-corrected chi connectivity index (χ1v) is 8.86. The molecule has 3 fully saturated rings. The molecule has 0 bridgehead atoms. The summed E-state index contributed by atoms with van der Waals surface area (Å²) in [5.41, 5.74) is -0.514. The SMILES string of the molecule is CNC1CCC2(CC1)CN(C(=O)c1ccccc1)C(=O)C1(CC1)O2. The monoisotopic (exact) mass is 328 g/mol. The highest BCUT2D eigenvalue weighted by atomic mass is 16.5. The minimum Gasteiger partial charge on any atom is -0.357 e. The number of nitrogens with zero attached hydrogens (tertiary/aromatic N) is 1. The Morgan fingerprint density at radius 2 is 1.83 bits per heavy atom. The lowest BCUT2D eigenvalue weighted by molar-refractivity contribution is -0.192. The van der Waals surface area contributed by atoms with Gasteiger partial charge in [0.1, 0.15) is 5.60 Å². The number of amides is 2. The number of benzene rings is 1. The first-order valence-electron chi connectivity index (χ1n) is 8.86. The fourth-order valence-electron chi connectivity index (χ4n) is 4.12. The Kier molecular flexibility index (Phi) is 3.73. The first kappa shape index (κ1) is 15.8. The van der Waals surface area contributed by atoms with Crippen LogP contribution in [0.4, 0.5) is 0 Å². The second-order valence-corrected chi connectivity index (χ2v) is 7.40. The van der Waals surface area contributed by atoms with Crippen molar-refractivity contribution in [1.29, 1.82) is 0 Å². The van der Waals surface area contributed by atoms with Crippen LogP contribution >= 0.6 is 0 Å². The van der Waals surface area contributed by atoms with E-state index < -0.39 is 5.60 Å². The number of ether oxygens (including phenoxy) is 1. The fourth-order valence-corrected chi connectivity index (χ4v) is 4.12. The quantitative estimate of drug-likeness (QED) is 0.845. The van der Waals surface area contributed by atoms with Crippen molar-refractivity contribution in [1.82, 2.24) is 10.2 Å². The van der Waals surface area contributed by atoms with Gasteiger partial charge in [0.15, 0.2) is 0 Å². The standard InChI is InChI=1S/C19H24N2O3/c1-20-15-7-9-18(10-8-15)13-21(17(23)19(24-18)11-12-19)16(22)14-5-3-2-4-6-14/h2-6,15,20H,7-13H2,1H3. The van der Waals surface area contributed by atoms with Crippen LogP contribution in [0, 0.1) is 0 Å². The van der Waals surface area contributed by atoms with Gasteiger partial charge in [-0.2, -0.15) is 0 Å². The van der Waals surface area contributed by atoms with Gasteiger partial charge in [-0.1, -0.05) is 18.2 Å². The van der Waals surface area contributed by atoms with Gasteiger partial charge in [0, 0.05) is 11.6 Å². The number of carbonyl (C=O) groups excluding carboxylic acids is 2. The van der Waals surface area contributed by atoms with Gasteiger partial charge in [0.25, 0.3) is 11.8 Å². The van der Waals surface area contributed by atoms with Crippen molar-refractivity contribution in [3.05, 3.63) is 35.9 Å². The van der Waals surface area contributed by atoms with Gasteiger partial charge >= 0.3 is 0 Å². The summed E-state index contributed by atoms with van der Waals surface area (Å²) in [7, 11) is 1.99. The van der Waals surface area contributed by atoms with Crippen LogP contribution < -0.4 is 5.32 Å². The molecule has 2 aliphatic carbocycles. The molecule has 128 valence electrons. The van der Waals surface area contributed by atoms with Crippen LogP contribution in [-0.2, 0) is 9.53 Å². The molecule has 1 aromatic rings. The second kappa shape index (κ2) is 5.67. The van der Waals surface area contributed by atoms with Crippen LogP contribution in [0.2, 0.25) is 0 Å². The van der Waals surface area contributed by atoms with E-state index in [-0.39, 0.29) is 17.4 Å². The molecule has 1 saturated heterocycles. The number of hydrogen-bond donors (Lipinski definition) is 1. The Bertz CT molecular complexity index is 646. The number of morpholine rings is 1. The molecule has 2 spiro atoms. The molecule has 24 heavy (non-hydrogen) atoms. The summed E-state index contributed by atoms with van der Waals surface area (Å²) < 4.78 is 6.36. The van der Waals surface area contributed by atoms with Gasteiger partial charge in [-0.25, -0.2) is 0 Å². The summed E-state index contributed by atoms with van der Waals surface area (Å²) in [6, 6.07) is 9.59. The molecule has 2 amide bonds. The van der Waals surface area contributed by atoms with Crippen LogP contribution in [0.25, 0.3) is 0 Å². The number of nitrogens with one attached hydrogen (secondary N) is 1. The second-order valence-electron chi connectivity index (χ2n) is 7.40. The number of rotatable bonds is 2. The van der Waals surface area contributed by atoms with Crippen LogP contribution in [-0.4, -0.2) is 47.6 Å². The molecule has 0 unspecified atom stereocenters. The van der Waals surface area contributed by atoms with E-state index in [0.29, 0.717) is 18.2 Å². The maximum absolute atomic E-state index is 12.9. The van der Waals surface area contributed by atoms with Crippen molar-refractivity contribution in [2.45, 2.75) is 55.8 Å². The highest BCUT2D eigenvalue weighted by Gasteiger charge is 2.62. The third-order valence-electron chi connectivity index (χ3n) is 5.77. The maximum atomic E-state index is 12.9. The summed E-state index contributed by atoms with van der Waals surface area (Å²) in [5.74, 6) is -0.331. The molecule has 4 rings (SSSR count). The zero-order chi connectivity index (χ0) is 16.8. The summed E-state index contributed by atoms with van der Waals surface area (Å²) in [5, 5.41) is 3.33. The predicted octanol–water partition coefficient (Wildman–Crippen LogP) is 2.12. The zero-order valence-electron chi connectivity index (χ0n) is 14.1. The predicted molar refractivity (Wildman–Crippen MR) is 89.6 cm³/mol. The van der Waals surface area contributed by atoms with E-state index in [2.05, 4.69) is 5.32 Å². The van der Waals surface area contributed by atoms with Crippen molar-refractivity contribution in [2.24, 2.45) is 0 Å². The average Bonchev–Trinajstić information content (AvgIpc) is 3.39. The molecule has 5 heteroatoms. The Labute approximate surface area is 142 Å². The molecular formula is C19H24N2O3. The van der Waals surface area contributed by atoms with E-state index in [1.54, 1.807) is 12.1 Å². The smallest absolute Gasteiger partial charge is 0.261 e. The Morgan fingerprint density at radius 3 is 2.42 bits per heavy atom. The van der Waals surface area contributed by atoms with E-state index >= 15 is 0 Å². The number of hydrogen-bond acceptors (Lipinski definition) is 4. The summed E-state index contributed by atoms with van der Waals surface area (Å²) in [6.07, 6.45) is 5.31. The van der Waals surface area contributed by atoms with Gasteiger partial charge in [-0.05, 0) is 57.7 Å². The lowest BCUT2D eigenvalue weighted by Crippen LogP contribution is -2.63. The minimum atomic E-state index is -0.727. The Morgan fingerprint density at radius 1 is 1.17 bits per heavy atom. The molecule has 3 aliphatic rings. The van der Waals surface area contributed by atoms with Crippen molar-refractivity contribution >= 4 is 11.8 Å². The van der Waals surface area contributed by atoms with Gasteiger partial charge in [0.05, 0.1) is 12.1 Å². The lowest BCUT2D eigenvalue weighted by atomic mass is 9.80. The highest BCUT2D eigenvalue weighted by Crippen LogP contribution is 2.51. The normalized spacial score (nSPS) is 31.5. The zero-order valence-corrected chi connectivity index (χ0v) is 14.1. The Hall–Kier alpha value is -1.72. The third kappa shape index (κ3) is 2.56. The molecule has 1 heterocycles. The molecule has 1 aromatic carbocycles. The van der Waals surface area contributed by atoms with Crippen LogP contribution in [0.5, 0.6) is 0 Å². The van der Waals surface area contributed by atoms with Gasteiger partial charge < -0.3 is 10.1 Å². The highest BCUT2D eigenvalue weighted by molar-refractivity contribution is 6.08. The topological polar surface area (TPSA) is 58.6 Å². The molecule has 0 aromatic heterocycles. The van der Waals surface area contributed by atoms with E-state index in [1.807, 2.05) is 25.2 Å². The first-order chi connectivity index (χ1) is 11.6. The maximum Gasteiger partial charge on any atom is 0.261 e. The van der Waals surface area contributed by atoms with Crippen molar-refractivity contribution in [3.63, 3.8) is 0 Å². The van der Waals surface area contributed by atoms with Crippen molar-refractivity contribution < 1.29 is 14.3 Å². The molecule has 1 aliphatic heterocycles. The van der Waals surface area contributed by atoms with Crippen LogP contribution in [0.3, 0.4) is 0 Å². The van der Waals surface area contributed by atoms with E-state index in [0.717, 1.165) is 38.5 Å². The minimum absolute atomic E-state index is 0.141. The molecule has 0 radical (unpaired) electrons.